The Hall–Kier alpha value is -0.740. The van der Waals surface area contributed by atoms with E-state index in [1.807, 2.05) is 0 Å². The summed E-state index contributed by atoms with van der Waals surface area (Å²) in [4.78, 5) is 0. The minimum Gasteiger partial charge on any atom is -0.374 e. The van der Waals surface area contributed by atoms with Crippen molar-refractivity contribution in [2.45, 2.75) is 12.5 Å². The zero-order valence-electron chi connectivity index (χ0n) is 4.31. The molecule has 0 aromatic rings. The highest BCUT2D eigenvalue weighted by molar-refractivity contribution is 5.13. The summed E-state index contributed by atoms with van der Waals surface area (Å²) in [5.41, 5.74) is -1.12. The van der Waals surface area contributed by atoms with Crippen LogP contribution in [0.25, 0.3) is 0 Å². The molecule has 0 heterocycles. The van der Waals surface area contributed by atoms with Crippen LogP contribution >= 0.6 is 0 Å². The molecule has 0 aromatic heterocycles. The molecule has 0 fully saturated rings. The van der Waals surface area contributed by atoms with E-state index in [4.69, 9.17) is 11.5 Å². The Labute approximate surface area is 43.7 Å². The molecule has 1 N–H and O–H groups in total. The monoisotopic (exact) mass is 96.1 g/mol. The van der Waals surface area contributed by atoms with Crippen LogP contribution in [0.4, 0.5) is 0 Å². The van der Waals surface area contributed by atoms with Crippen LogP contribution in [0.2, 0.25) is 0 Å². The molecule has 0 rings (SSSR count). The van der Waals surface area contributed by atoms with Crippen molar-refractivity contribution in [3.8, 4) is 12.3 Å². The summed E-state index contributed by atoms with van der Waals surface area (Å²) in [6, 6.07) is 0. The fourth-order valence-corrected chi connectivity index (χ4v) is 0.0589. The molecule has 0 amide bonds. The first-order valence-corrected chi connectivity index (χ1v) is 1.96. The van der Waals surface area contributed by atoms with E-state index in [-0.39, 0.29) is 0 Å². The van der Waals surface area contributed by atoms with Gasteiger partial charge in [-0.3, -0.25) is 0 Å². The zero-order chi connectivity index (χ0) is 5.91. The van der Waals surface area contributed by atoms with Gasteiger partial charge in [0.25, 0.3) is 0 Å². The summed E-state index contributed by atoms with van der Waals surface area (Å²) >= 11 is 0. The molecule has 0 saturated carbocycles. The first kappa shape index (κ1) is 6.26. The fourth-order valence-electron chi connectivity index (χ4n) is 0.0589. The summed E-state index contributed by atoms with van der Waals surface area (Å²) in [5.74, 6) is 2.13. The van der Waals surface area contributed by atoms with Gasteiger partial charge in [0.15, 0.2) is 0 Å². The molecule has 1 unspecified atom stereocenters. The summed E-state index contributed by atoms with van der Waals surface area (Å²) in [5, 5.41) is 8.78. The quantitative estimate of drug-likeness (QED) is 0.373. The molecule has 1 heteroatoms. The first-order valence-electron chi connectivity index (χ1n) is 1.96. The summed E-state index contributed by atoms with van der Waals surface area (Å²) < 4.78 is 0. The molecule has 0 aliphatic heterocycles. The van der Waals surface area contributed by atoms with Crippen LogP contribution in [0, 0.1) is 12.3 Å². The summed E-state index contributed by atoms with van der Waals surface area (Å²) in [6.45, 7) is 4.81. The molecule has 0 aliphatic carbocycles. The van der Waals surface area contributed by atoms with Gasteiger partial charge in [0.1, 0.15) is 5.60 Å². The molecule has 1 atom stereocenters. The molecule has 7 heavy (non-hydrogen) atoms. The maximum Gasteiger partial charge on any atom is 0.140 e. The van der Waals surface area contributed by atoms with Crippen LogP contribution in [-0.2, 0) is 0 Å². The Balaban J connectivity index is 3.91. The number of terminal acetylenes is 1. The van der Waals surface area contributed by atoms with Crippen LogP contribution in [0.1, 0.15) is 6.92 Å². The highest BCUT2D eigenvalue weighted by Crippen LogP contribution is 1.98. The molecule has 1 nitrogen and oxygen atoms in total. The third-order valence-electron chi connectivity index (χ3n) is 0.690. The Morgan fingerprint density at radius 1 is 2.00 bits per heavy atom. The zero-order valence-corrected chi connectivity index (χ0v) is 4.31. The molecular weight excluding hydrogens is 88.1 g/mol. The Bertz CT molecular complexity index is 106. The molecule has 0 aromatic carbocycles. The van der Waals surface area contributed by atoms with Crippen molar-refractivity contribution >= 4 is 0 Å². The largest absolute Gasteiger partial charge is 0.374 e. The fraction of sp³-hybridized carbons (Fsp3) is 0.333. The van der Waals surface area contributed by atoms with E-state index in [0.717, 1.165) is 0 Å². The van der Waals surface area contributed by atoms with Gasteiger partial charge in [-0.15, -0.1) is 6.42 Å². The van der Waals surface area contributed by atoms with Gasteiger partial charge < -0.3 is 5.11 Å². The van der Waals surface area contributed by atoms with Gasteiger partial charge in [0.05, 0.1) is 0 Å². The van der Waals surface area contributed by atoms with Crippen LogP contribution in [-0.4, -0.2) is 10.7 Å². The van der Waals surface area contributed by atoms with Crippen LogP contribution in [0.3, 0.4) is 0 Å². The maximum atomic E-state index is 8.78. The van der Waals surface area contributed by atoms with E-state index < -0.39 is 5.60 Å². The van der Waals surface area contributed by atoms with E-state index in [2.05, 4.69) is 12.5 Å². The van der Waals surface area contributed by atoms with Crippen LogP contribution in [0.15, 0.2) is 12.7 Å². The lowest BCUT2D eigenvalue weighted by Crippen LogP contribution is -2.15. The SMILES string of the molecule is C#CC(C)(O)C=C. The minimum atomic E-state index is -1.12. The molecular formula is C6H8O. The molecule has 0 saturated heterocycles. The van der Waals surface area contributed by atoms with E-state index in [1.165, 1.54) is 13.0 Å². The normalized spacial score (nSPS) is 16.7. The predicted molar refractivity (Wildman–Crippen MR) is 29.7 cm³/mol. The maximum absolute atomic E-state index is 8.78. The average Bonchev–Trinajstić information content (AvgIpc) is 1.68. The van der Waals surface area contributed by atoms with Crippen molar-refractivity contribution in [3.05, 3.63) is 12.7 Å². The lowest BCUT2D eigenvalue weighted by molar-refractivity contribution is 0.175. The highest BCUT2D eigenvalue weighted by atomic mass is 16.3. The Morgan fingerprint density at radius 2 is 2.43 bits per heavy atom. The van der Waals surface area contributed by atoms with E-state index in [9.17, 15) is 0 Å². The van der Waals surface area contributed by atoms with Gasteiger partial charge in [-0.2, -0.15) is 0 Å². The lowest BCUT2D eigenvalue weighted by atomic mass is 10.1. The van der Waals surface area contributed by atoms with E-state index in [0.29, 0.717) is 0 Å². The third kappa shape index (κ3) is 2.02. The highest BCUT2D eigenvalue weighted by Gasteiger charge is 2.07. The second kappa shape index (κ2) is 1.81. The minimum absolute atomic E-state index is 1.12. The van der Waals surface area contributed by atoms with Gasteiger partial charge >= 0.3 is 0 Å². The molecule has 0 spiro atoms. The van der Waals surface area contributed by atoms with Crippen molar-refractivity contribution in [3.63, 3.8) is 0 Å². The smallest absolute Gasteiger partial charge is 0.140 e. The second-order valence-corrected chi connectivity index (χ2v) is 1.50. The number of hydrogen-bond donors (Lipinski definition) is 1. The third-order valence-corrected chi connectivity index (χ3v) is 0.690. The standard InChI is InChI=1S/C6H8O/c1-4-6(3,7)5-2/h1,5,7H,2H2,3H3. The molecule has 38 valence electrons. The Kier molecular flexibility index (Phi) is 1.62. The number of rotatable bonds is 1. The number of aliphatic hydroxyl groups is 1. The van der Waals surface area contributed by atoms with Crippen molar-refractivity contribution in [1.82, 2.24) is 0 Å². The van der Waals surface area contributed by atoms with Crippen LogP contribution in [0.5, 0.6) is 0 Å². The van der Waals surface area contributed by atoms with Gasteiger partial charge in [0, 0.05) is 0 Å². The summed E-state index contributed by atoms with van der Waals surface area (Å²) in [6.07, 6.45) is 6.16. The Morgan fingerprint density at radius 3 is 2.43 bits per heavy atom. The van der Waals surface area contributed by atoms with Crippen molar-refractivity contribution in [1.29, 1.82) is 0 Å². The van der Waals surface area contributed by atoms with Crippen molar-refractivity contribution in [2.75, 3.05) is 0 Å². The van der Waals surface area contributed by atoms with Crippen molar-refractivity contribution < 1.29 is 5.11 Å². The molecule has 0 bridgehead atoms. The summed E-state index contributed by atoms with van der Waals surface area (Å²) in [7, 11) is 0. The first-order chi connectivity index (χ1) is 3.12. The molecule has 0 radical (unpaired) electrons. The van der Waals surface area contributed by atoms with Crippen LogP contribution < -0.4 is 0 Å². The lowest BCUT2D eigenvalue weighted by Gasteiger charge is -2.06. The van der Waals surface area contributed by atoms with Gasteiger partial charge in [-0.05, 0) is 13.0 Å². The topological polar surface area (TPSA) is 20.2 Å². The number of hydrogen-bond acceptors (Lipinski definition) is 1. The van der Waals surface area contributed by atoms with Gasteiger partial charge in [0.2, 0.25) is 0 Å². The molecule has 0 aliphatic rings. The van der Waals surface area contributed by atoms with Gasteiger partial charge in [-0.1, -0.05) is 12.5 Å². The van der Waals surface area contributed by atoms with E-state index >= 15 is 0 Å². The van der Waals surface area contributed by atoms with E-state index in [1.54, 1.807) is 0 Å². The predicted octanol–water partition coefficient (Wildman–Crippen LogP) is 0.557. The second-order valence-electron chi connectivity index (χ2n) is 1.50. The van der Waals surface area contributed by atoms with Crippen molar-refractivity contribution in [2.24, 2.45) is 0 Å². The average molecular weight is 96.1 g/mol. The van der Waals surface area contributed by atoms with Gasteiger partial charge in [-0.25, -0.2) is 0 Å².